The number of carbonyl (C=O) groups excluding carboxylic acids is 3. The van der Waals surface area contributed by atoms with Crippen LogP contribution in [0.25, 0.3) is 0 Å². The van der Waals surface area contributed by atoms with Crippen molar-refractivity contribution in [3.05, 3.63) is 59.2 Å². The minimum absolute atomic E-state index is 0.261. The number of carbonyl (C=O) groups is 3. The number of hydrogen-bond acceptors (Lipinski definition) is 4. The van der Waals surface area contributed by atoms with Gasteiger partial charge in [0.25, 0.3) is 17.7 Å². The normalized spacial score (nSPS) is 12.8. The van der Waals surface area contributed by atoms with E-state index in [0.717, 1.165) is 0 Å². The van der Waals surface area contributed by atoms with E-state index in [1.807, 2.05) is 0 Å². The van der Waals surface area contributed by atoms with Gasteiger partial charge in [-0.2, -0.15) is 0 Å². The fraction of sp³-hybridized carbons (Fsp3) is 0. The lowest BCUT2D eigenvalue weighted by molar-refractivity contribution is 0.0878. The highest BCUT2D eigenvalue weighted by atomic mass is 32.1. The molecule has 0 bridgehead atoms. The van der Waals surface area contributed by atoms with Crippen LogP contribution in [-0.4, -0.2) is 17.7 Å². The lowest BCUT2D eigenvalue weighted by atomic mass is 10.1. The molecular formula is C15H10N2O3S. The third-order valence-corrected chi connectivity index (χ3v) is 3.53. The summed E-state index contributed by atoms with van der Waals surface area (Å²) in [6.07, 6.45) is 0. The molecule has 2 N–H and O–H groups in total. The molecule has 0 radical (unpaired) electrons. The summed E-state index contributed by atoms with van der Waals surface area (Å²) in [6, 6.07) is 11.5. The van der Waals surface area contributed by atoms with Crippen LogP contribution in [0.3, 0.4) is 0 Å². The molecule has 1 aliphatic rings. The van der Waals surface area contributed by atoms with E-state index in [1.54, 1.807) is 30.3 Å². The number of imide groups is 1. The van der Waals surface area contributed by atoms with E-state index < -0.39 is 11.8 Å². The van der Waals surface area contributed by atoms with Crippen molar-refractivity contribution in [1.29, 1.82) is 0 Å². The molecule has 104 valence electrons. The maximum atomic E-state index is 12.2. The van der Waals surface area contributed by atoms with Crippen molar-refractivity contribution in [3.8, 4) is 0 Å². The van der Waals surface area contributed by atoms with Gasteiger partial charge >= 0.3 is 0 Å². The van der Waals surface area contributed by atoms with Crippen molar-refractivity contribution in [2.45, 2.75) is 4.90 Å². The van der Waals surface area contributed by atoms with Gasteiger partial charge in [0.2, 0.25) is 0 Å². The van der Waals surface area contributed by atoms with E-state index in [9.17, 15) is 14.4 Å². The van der Waals surface area contributed by atoms with Gasteiger partial charge in [0.1, 0.15) is 0 Å². The number of benzene rings is 2. The summed E-state index contributed by atoms with van der Waals surface area (Å²) < 4.78 is 0. The summed E-state index contributed by atoms with van der Waals surface area (Å²) in [5.41, 5.74) is 1.45. The molecule has 3 rings (SSSR count). The number of fused-ring (bicyclic) bond motifs is 1. The number of hydrogen-bond donors (Lipinski definition) is 3. The van der Waals surface area contributed by atoms with Gasteiger partial charge < -0.3 is 5.32 Å². The molecule has 0 saturated heterocycles. The largest absolute Gasteiger partial charge is 0.322 e. The Hall–Kier alpha value is -2.60. The molecule has 6 heteroatoms. The second-order valence-electron chi connectivity index (χ2n) is 4.51. The fourth-order valence-electron chi connectivity index (χ4n) is 2.11. The summed E-state index contributed by atoms with van der Waals surface area (Å²) in [6.45, 7) is 0. The van der Waals surface area contributed by atoms with E-state index in [0.29, 0.717) is 21.7 Å². The number of amides is 3. The topological polar surface area (TPSA) is 75.3 Å². The van der Waals surface area contributed by atoms with Crippen LogP contribution in [0.15, 0.2) is 47.4 Å². The van der Waals surface area contributed by atoms with Crippen LogP contribution < -0.4 is 10.6 Å². The zero-order valence-corrected chi connectivity index (χ0v) is 11.6. The SMILES string of the molecule is O=C(Nc1ccc2c(c1)C(=O)NC2=O)c1ccccc1S. The maximum Gasteiger partial charge on any atom is 0.259 e. The van der Waals surface area contributed by atoms with Gasteiger partial charge in [-0.25, -0.2) is 0 Å². The number of nitrogens with one attached hydrogen (secondary N) is 2. The van der Waals surface area contributed by atoms with E-state index in [-0.39, 0.29) is 11.5 Å². The first-order valence-corrected chi connectivity index (χ1v) is 6.60. The molecule has 1 heterocycles. The van der Waals surface area contributed by atoms with E-state index >= 15 is 0 Å². The average molecular weight is 298 g/mol. The molecule has 0 unspecified atom stereocenters. The number of rotatable bonds is 2. The Balaban J connectivity index is 1.88. The minimum atomic E-state index is -0.458. The molecule has 1 aliphatic heterocycles. The molecular weight excluding hydrogens is 288 g/mol. The zero-order chi connectivity index (χ0) is 15.0. The van der Waals surface area contributed by atoms with Gasteiger partial charge in [-0.3, -0.25) is 19.7 Å². The first kappa shape index (κ1) is 13.4. The van der Waals surface area contributed by atoms with Gasteiger partial charge in [-0.15, -0.1) is 12.6 Å². The summed E-state index contributed by atoms with van der Waals surface area (Å²) in [4.78, 5) is 35.7. The van der Waals surface area contributed by atoms with E-state index in [4.69, 9.17) is 0 Å². The Morgan fingerprint density at radius 2 is 1.71 bits per heavy atom. The van der Waals surface area contributed by atoms with Crippen molar-refractivity contribution >= 4 is 36.0 Å². The van der Waals surface area contributed by atoms with Gasteiger partial charge in [0.15, 0.2) is 0 Å². The molecule has 0 aliphatic carbocycles. The van der Waals surface area contributed by atoms with Crippen LogP contribution in [0.1, 0.15) is 31.1 Å². The van der Waals surface area contributed by atoms with Gasteiger partial charge in [-0.1, -0.05) is 12.1 Å². The second kappa shape index (κ2) is 5.06. The fourth-order valence-corrected chi connectivity index (χ4v) is 2.37. The van der Waals surface area contributed by atoms with Crippen LogP contribution >= 0.6 is 12.6 Å². The zero-order valence-electron chi connectivity index (χ0n) is 10.7. The standard InChI is InChI=1S/C15H10N2O3S/c18-13-9-6-5-8(7-11(9)15(20)17-13)16-14(19)10-3-1-2-4-12(10)21/h1-7,21H,(H,16,19)(H,17,18,20). The summed E-state index contributed by atoms with van der Waals surface area (Å²) in [5, 5.41) is 4.89. The molecule has 21 heavy (non-hydrogen) atoms. The van der Waals surface area contributed by atoms with Crippen molar-refractivity contribution in [2.75, 3.05) is 5.32 Å². The average Bonchev–Trinajstić information content (AvgIpc) is 2.74. The van der Waals surface area contributed by atoms with Gasteiger partial charge in [0.05, 0.1) is 16.7 Å². The molecule has 0 aromatic heterocycles. The quantitative estimate of drug-likeness (QED) is 0.587. The van der Waals surface area contributed by atoms with E-state index in [1.165, 1.54) is 12.1 Å². The molecule has 0 atom stereocenters. The molecule has 0 spiro atoms. The summed E-state index contributed by atoms with van der Waals surface area (Å²) in [5.74, 6) is -1.21. The monoisotopic (exact) mass is 298 g/mol. The third-order valence-electron chi connectivity index (χ3n) is 3.14. The van der Waals surface area contributed by atoms with Crippen LogP contribution in [0.2, 0.25) is 0 Å². The predicted molar refractivity (Wildman–Crippen MR) is 79.9 cm³/mol. The first-order valence-electron chi connectivity index (χ1n) is 6.15. The molecule has 0 fully saturated rings. The van der Waals surface area contributed by atoms with Gasteiger partial charge in [0, 0.05) is 10.6 Å². The molecule has 2 aromatic carbocycles. The Morgan fingerprint density at radius 1 is 1.00 bits per heavy atom. The van der Waals surface area contributed by atoms with Gasteiger partial charge in [-0.05, 0) is 30.3 Å². The highest BCUT2D eigenvalue weighted by Crippen LogP contribution is 2.21. The van der Waals surface area contributed by atoms with Crippen LogP contribution in [0.5, 0.6) is 0 Å². The van der Waals surface area contributed by atoms with E-state index in [2.05, 4.69) is 23.3 Å². The van der Waals surface area contributed by atoms with Crippen molar-refractivity contribution in [3.63, 3.8) is 0 Å². The maximum absolute atomic E-state index is 12.2. The Morgan fingerprint density at radius 3 is 2.48 bits per heavy atom. The van der Waals surface area contributed by atoms with Crippen LogP contribution in [-0.2, 0) is 0 Å². The Bertz CT molecular complexity index is 786. The first-order chi connectivity index (χ1) is 10.1. The van der Waals surface area contributed by atoms with Crippen LogP contribution in [0.4, 0.5) is 5.69 Å². The Kier molecular flexibility index (Phi) is 3.23. The second-order valence-corrected chi connectivity index (χ2v) is 5.00. The smallest absolute Gasteiger partial charge is 0.259 e. The summed E-state index contributed by atoms with van der Waals surface area (Å²) >= 11 is 4.23. The lowest BCUT2D eigenvalue weighted by Gasteiger charge is -2.07. The predicted octanol–water partition coefficient (Wildman–Crippen LogP) is 2.11. The van der Waals surface area contributed by atoms with Crippen LogP contribution in [0, 0.1) is 0 Å². The molecule has 3 amide bonds. The molecule has 2 aromatic rings. The number of anilines is 1. The third kappa shape index (κ3) is 2.41. The highest BCUT2D eigenvalue weighted by Gasteiger charge is 2.26. The highest BCUT2D eigenvalue weighted by molar-refractivity contribution is 7.80. The molecule has 5 nitrogen and oxygen atoms in total. The number of thiol groups is 1. The molecule has 0 saturated carbocycles. The van der Waals surface area contributed by atoms with Crippen molar-refractivity contribution in [1.82, 2.24) is 5.32 Å². The lowest BCUT2D eigenvalue weighted by Crippen LogP contribution is -2.19. The Labute approximate surface area is 125 Å². The van der Waals surface area contributed by atoms with Crippen molar-refractivity contribution in [2.24, 2.45) is 0 Å². The minimum Gasteiger partial charge on any atom is -0.322 e. The van der Waals surface area contributed by atoms with Crippen molar-refractivity contribution < 1.29 is 14.4 Å². The summed E-state index contributed by atoms with van der Waals surface area (Å²) in [7, 11) is 0.